The van der Waals surface area contributed by atoms with E-state index in [4.69, 9.17) is 4.74 Å². The van der Waals surface area contributed by atoms with Crippen LogP contribution in [-0.2, 0) is 4.79 Å². The Labute approximate surface area is 103 Å². The zero-order chi connectivity index (χ0) is 13.0. The first-order valence-electron chi connectivity index (χ1n) is 6.13. The first kappa shape index (κ1) is 13.6. The van der Waals surface area contributed by atoms with Crippen LogP contribution < -0.4 is 9.64 Å². The number of carbonyl (C=O) groups is 1. The van der Waals surface area contributed by atoms with Crippen LogP contribution in [0.2, 0.25) is 0 Å². The second-order valence-corrected chi connectivity index (χ2v) is 4.12. The van der Waals surface area contributed by atoms with Crippen LogP contribution >= 0.6 is 0 Å². The fraction of sp³-hybridized carbons (Fsp3) is 0.500. The van der Waals surface area contributed by atoms with Gasteiger partial charge in [0.15, 0.2) is 6.61 Å². The van der Waals surface area contributed by atoms with E-state index in [1.165, 1.54) is 5.56 Å². The highest BCUT2D eigenvalue weighted by atomic mass is 16.5. The molecule has 0 unspecified atom stereocenters. The minimum atomic E-state index is -0.000188. The summed E-state index contributed by atoms with van der Waals surface area (Å²) < 4.78 is 5.41. The molecular weight excluding hydrogens is 214 g/mol. The summed E-state index contributed by atoms with van der Waals surface area (Å²) in [5.41, 5.74) is 2.09. The van der Waals surface area contributed by atoms with Gasteiger partial charge in [-0.05, 0) is 23.6 Å². The molecular formula is C14H21NO2. The van der Waals surface area contributed by atoms with Crippen molar-refractivity contribution in [1.82, 2.24) is 0 Å². The third-order valence-corrected chi connectivity index (χ3v) is 2.74. The van der Waals surface area contributed by atoms with Gasteiger partial charge < -0.3 is 9.64 Å². The van der Waals surface area contributed by atoms with E-state index in [1.807, 2.05) is 32.0 Å². The van der Waals surface area contributed by atoms with Gasteiger partial charge in [-0.1, -0.05) is 33.8 Å². The van der Waals surface area contributed by atoms with E-state index in [-0.39, 0.29) is 12.5 Å². The van der Waals surface area contributed by atoms with E-state index < -0.39 is 0 Å². The number of ether oxygens (including phenoxy) is 1. The van der Waals surface area contributed by atoms with Crippen molar-refractivity contribution in [3.05, 3.63) is 23.8 Å². The predicted octanol–water partition coefficient (Wildman–Crippen LogP) is 3.19. The van der Waals surface area contributed by atoms with Gasteiger partial charge in [0.1, 0.15) is 5.75 Å². The lowest BCUT2D eigenvalue weighted by molar-refractivity contribution is -0.120. The first-order chi connectivity index (χ1) is 8.09. The molecule has 1 heterocycles. The Hall–Kier alpha value is -1.51. The topological polar surface area (TPSA) is 29.5 Å². The van der Waals surface area contributed by atoms with Gasteiger partial charge in [0, 0.05) is 7.05 Å². The number of fused-ring (bicyclic) bond motifs is 1. The minimum absolute atomic E-state index is 0.000188. The summed E-state index contributed by atoms with van der Waals surface area (Å²) in [7, 11) is 1.78. The van der Waals surface area contributed by atoms with Gasteiger partial charge >= 0.3 is 0 Å². The summed E-state index contributed by atoms with van der Waals surface area (Å²) in [5.74, 6) is 1.28. The number of benzene rings is 1. The number of hydrogen-bond acceptors (Lipinski definition) is 2. The molecule has 1 aliphatic heterocycles. The first-order valence-corrected chi connectivity index (χ1v) is 6.13. The van der Waals surface area contributed by atoms with Crippen LogP contribution in [0.15, 0.2) is 18.2 Å². The van der Waals surface area contributed by atoms with Crippen molar-refractivity contribution in [3.8, 4) is 5.75 Å². The lowest BCUT2D eigenvalue weighted by Crippen LogP contribution is -2.35. The number of hydrogen-bond donors (Lipinski definition) is 0. The maximum atomic E-state index is 11.4. The molecule has 0 aliphatic carbocycles. The summed E-state index contributed by atoms with van der Waals surface area (Å²) in [5, 5.41) is 0. The molecule has 0 N–H and O–H groups in total. The van der Waals surface area contributed by atoms with Crippen molar-refractivity contribution in [2.24, 2.45) is 0 Å². The normalized spacial score (nSPS) is 13.8. The third kappa shape index (κ3) is 2.78. The molecule has 0 saturated heterocycles. The van der Waals surface area contributed by atoms with Gasteiger partial charge in [0.2, 0.25) is 0 Å². The lowest BCUT2D eigenvalue weighted by Gasteiger charge is -2.26. The summed E-state index contributed by atoms with van der Waals surface area (Å²) in [4.78, 5) is 13.0. The second kappa shape index (κ2) is 5.71. The van der Waals surface area contributed by atoms with Gasteiger partial charge in [-0.2, -0.15) is 0 Å². The molecule has 2 rings (SSSR count). The Morgan fingerprint density at radius 1 is 1.29 bits per heavy atom. The van der Waals surface area contributed by atoms with Crippen LogP contribution in [0.4, 0.5) is 5.69 Å². The average molecular weight is 235 g/mol. The Morgan fingerprint density at radius 2 is 1.94 bits per heavy atom. The van der Waals surface area contributed by atoms with Crippen molar-refractivity contribution in [2.75, 3.05) is 18.6 Å². The summed E-state index contributed by atoms with van der Waals surface area (Å²) >= 11 is 0. The molecule has 0 radical (unpaired) electrons. The quantitative estimate of drug-likeness (QED) is 0.748. The molecule has 1 aromatic rings. The number of nitrogens with zero attached hydrogens (tertiary/aromatic N) is 1. The number of rotatable bonds is 1. The van der Waals surface area contributed by atoms with Gasteiger partial charge in [0.25, 0.3) is 5.91 Å². The zero-order valence-electron chi connectivity index (χ0n) is 11.3. The van der Waals surface area contributed by atoms with Crippen LogP contribution in [0, 0.1) is 0 Å². The summed E-state index contributed by atoms with van der Waals surface area (Å²) in [6, 6.07) is 6.01. The lowest BCUT2D eigenvalue weighted by atomic mass is 10.0. The molecule has 0 spiro atoms. The molecule has 1 amide bonds. The van der Waals surface area contributed by atoms with E-state index in [1.54, 1.807) is 11.9 Å². The summed E-state index contributed by atoms with van der Waals surface area (Å²) in [6.45, 7) is 8.42. The molecule has 3 nitrogen and oxygen atoms in total. The molecule has 17 heavy (non-hydrogen) atoms. The van der Waals surface area contributed by atoms with Crippen LogP contribution in [0.1, 0.15) is 39.2 Å². The molecule has 0 bridgehead atoms. The van der Waals surface area contributed by atoms with Crippen molar-refractivity contribution in [2.45, 2.75) is 33.6 Å². The van der Waals surface area contributed by atoms with E-state index in [9.17, 15) is 4.79 Å². The van der Waals surface area contributed by atoms with Gasteiger partial charge in [-0.15, -0.1) is 0 Å². The average Bonchev–Trinajstić information content (AvgIpc) is 2.36. The Morgan fingerprint density at radius 3 is 2.53 bits per heavy atom. The van der Waals surface area contributed by atoms with E-state index in [0.717, 1.165) is 11.4 Å². The molecule has 0 atom stereocenters. The van der Waals surface area contributed by atoms with Crippen LogP contribution in [-0.4, -0.2) is 19.6 Å². The zero-order valence-corrected chi connectivity index (χ0v) is 11.3. The Balaban J connectivity index is 0.000000686. The fourth-order valence-corrected chi connectivity index (χ4v) is 1.65. The molecule has 1 aliphatic rings. The number of anilines is 1. The monoisotopic (exact) mass is 235 g/mol. The van der Waals surface area contributed by atoms with Crippen LogP contribution in [0.3, 0.4) is 0 Å². The molecule has 0 aromatic heterocycles. The third-order valence-electron chi connectivity index (χ3n) is 2.74. The number of carbonyl (C=O) groups excluding carboxylic acids is 1. The van der Waals surface area contributed by atoms with E-state index in [2.05, 4.69) is 13.8 Å². The van der Waals surface area contributed by atoms with Crippen molar-refractivity contribution >= 4 is 11.6 Å². The highest BCUT2D eigenvalue weighted by Crippen LogP contribution is 2.33. The van der Waals surface area contributed by atoms with Crippen molar-refractivity contribution in [1.29, 1.82) is 0 Å². The number of likely N-dealkylation sites (N-methyl/N-ethyl adjacent to an activating group) is 1. The van der Waals surface area contributed by atoms with Crippen molar-refractivity contribution < 1.29 is 9.53 Å². The smallest absolute Gasteiger partial charge is 0.264 e. The van der Waals surface area contributed by atoms with Gasteiger partial charge in [0.05, 0.1) is 5.69 Å². The molecule has 3 heteroatoms. The maximum Gasteiger partial charge on any atom is 0.264 e. The molecule has 0 fully saturated rings. The SMILES string of the molecule is CC.CC(C)c1ccc2c(c1)OCC(=O)N2C. The highest BCUT2D eigenvalue weighted by molar-refractivity contribution is 5.97. The van der Waals surface area contributed by atoms with Crippen LogP contribution in [0.5, 0.6) is 5.75 Å². The molecule has 94 valence electrons. The molecule has 0 saturated carbocycles. The summed E-state index contributed by atoms with van der Waals surface area (Å²) in [6.07, 6.45) is 0. The second-order valence-electron chi connectivity index (χ2n) is 4.12. The van der Waals surface area contributed by atoms with Crippen molar-refractivity contribution in [3.63, 3.8) is 0 Å². The number of amides is 1. The van der Waals surface area contributed by atoms with Gasteiger partial charge in [-0.25, -0.2) is 0 Å². The maximum absolute atomic E-state index is 11.4. The molecule has 1 aromatic carbocycles. The fourth-order valence-electron chi connectivity index (χ4n) is 1.65. The largest absolute Gasteiger partial charge is 0.482 e. The highest BCUT2D eigenvalue weighted by Gasteiger charge is 2.22. The minimum Gasteiger partial charge on any atom is -0.482 e. The predicted molar refractivity (Wildman–Crippen MR) is 70.8 cm³/mol. The van der Waals surface area contributed by atoms with Crippen LogP contribution in [0.25, 0.3) is 0 Å². The van der Waals surface area contributed by atoms with E-state index >= 15 is 0 Å². The van der Waals surface area contributed by atoms with Gasteiger partial charge in [-0.3, -0.25) is 4.79 Å². The Bertz CT molecular complexity index is 399. The standard InChI is InChI=1S/C12H15NO2.C2H6/c1-8(2)9-4-5-10-11(6-9)15-7-12(14)13(10)3;1-2/h4-6,8H,7H2,1-3H3;1-2H3. The Kier molecular flexibility index (Phi) is 4.55. The van der Waals surface area contributed by atoms with E-state index in [0.29, 0.717) is 5.92 Å².